The van der Waals surface area contributed by atoms with Gasteiger partial charge in [-0.2, -0.15) is 0 Å². The number of hydrogen-bond donors (Lipinski definition) is 0. The van der Waals surface area contributed by atoms with E-state index in [4.69, 9.17) is 19.1 Å². The molecule has 200 valence electrons. The van der Waals surface area contributed by atoms with Gasteiger partial charge in [0.2, 0.25) is 0 Å². The van der Waals surface area contributed by atoms with Gasteiger partial charge < -0.3 is 0 Å². The van der Waals surface area contributed by atoms with Gasteiger partial charge in [0, 0.05) is 0 Å². The molecular formula is C32H38Cl2P2Pd. The number of rotatable bonds is 10. The average molecular weight is 662 g/mol. The third-order valence-electron chi connectivity index (χ3n) is 5.74. The van der Waals surface area contributed by atoms with E-state index >= 15 is 0 Å². The van der Waals surface area contributed by atoms with Crippen LogP contribution in [0.4, 0.5) is 0 Å². The topological polar surface area (TPSA) is 0 Å². The quantitative estimate of drug-likeness (QED) is 0.117. The minimum atomic E-state index is -0.157. The molecule has 0 aliphatic heterocycles. The summed E-state index contributed by atoms with van der Waals surface area (Å²) in [5, 5.41) is 6.01. The second kappa shape index (κ2) is 20.9. The van der Waals surface area contributed by atoms with E-state index in [0.717, 1.165) is 0 Å². The third kappa shape index (κ3) is 12.6. The zero-order valence-electron chi connectivity index (χ0n) is 21.8. The Morgan fingerprint density at radius 1 is 0.459 bits per heavy atom. The van der Waals surface area contributed by atoms with E-state index in [2.05, 4.69) is 135 Å². The van der Waals surface area contributed by atoms with Crippen LogP contribution in [0.15, 0.2) is 121 Å². The van der Waals surface area contributed by atoms with Gasteiger partial charge in [-0.15, -0.1) is 0 Å². The Hall–Kier alpha value is -1.02. The summed E-state index contributed by atoms with van der Waals surface area (Å²) < 4.78 is 0. The van der Waals surface area contributed by atoms with Crippen LogP contribution in [0.25, 0.3) is 0 Å². The number of benzene rings is 4. The van der Waals surface area contributed by atoms with Crippen LogP contribution in [0.2, 0.25) is 0 Å². The Morgan fingerprint density at radius 2 is 0.676 bits per heavy atom. The van der Waals surface area contributed by atoms with E-state index in [-0.39, 0.29) is 31.8 Å². The van der Waals surface area contributed by atoms with Gasteiger partial charge in [-0.1, -0.05) is 148 Å². The maximum absolute atomic E-state index is 4.81. The molecule has 0 unspecified atom stereocenters. The van der Waals surface area contributed by atoms with Gasteiger partial charge in [0.05, 0.1) is 0 Å². The van der Waals surface area contributed by atoms with E-state index in [1.54, 1.807) is 0 Å². The summed E-state index contributed by atoms with van der Waals surface area (Å²) in [5.41, 5.74) is 0. The van der Waals surface area contributed by atoms with Crippen molar-refractivity contribution in [1.29, 1.82) is 0 Å². The SMILES string of the molecule is CCCCP(c1ccccc1)c1ccccc1.CCCCP(c1ccccc1)c1ccccc1.[Cl][Pd][Cl]. The molecule has 0 nitrogen and oxygen atoms in total. The molecule has 0 N–H and O–H groups in total. The van der Waals surface area contributed by atoms with Crippen molar-refractivity contribution in [3.63, 3.8) is 0 Å². The maximum atomic E-state index is 4.81. The van der Waals surface area contributed by atoms with Crippen LogP contribution in [-0.2, 0) is 15.9 Å². The molecule has 0 saturated heterocycles. The van der Waals surface area contributed by atoms with E-state index < -0.39 is 0 Å². The molecule has 0 heterocycles. The first-order valence-corrected chi connectivity index (χ1v) is 19.9. The summed E-state index contributed by atoms with van der Waals surface area (Å²) in [5.74, 6) is 0. The van der Waals surface area contributed by atoms with Crippen molar-refractivity contribution in [2.45, 2.75) is 39.5 Å². The van der Waals surface area contributed by atoms with Gasteiger partial charge in [0.1, 0.15) is 0 Å². The van der Waals surface area contributed by atoms with Crippen molar-refractivity contribution in [2.24, 2.45) is 0 Å². The molecule has 0 aromatic heterocycles. The van der Waals surface area contributed by atoms with Crippen molar-refractivity contribution in [3.8, 4) is 0 Å². The Kier molecular flexibility index (Phi) is 18.2. The number of hydrogen-bond acceptors (Lipinski definition) is 0. The van der Waals surface area contributed by atoms with Gasteiger partial charge in [-0.05, 0) is 62.2 Å². The summed E-state index contributed by atoms with van der Waals surface area (Å²) in [6.07, 6.45) is 7.79. The molecule has 4 rings (SSSR count). The Bertz CT molecular complexity index is 885. The molecule has 4 aromatic rings. The molecule has 0 spiro atoms. The molecule has 0 fully saturated rings. The van der Waals surface area contributed by atoms with Crippen molar-refractivity contribution in [2.75, 3.05) is 12.3 Å². The van der Waals surface area contributed by atoms with Crippen LogP contribution in [-0.4, -0.2) is 12.3 Å². The third-order valence-corrected chi connectivity index (χ3v) is 11.0. The fourth-order valence-corrected chi connectivity index (χ4v) is 8.90. The molecule has 37 heavy (non-hydrogen) atoms. The molecule has 0 aliphatic carbocycles. The summed E-state index contributed by atoms with van der Waals surface area (Å²) in [6, 6.07) is 43.8. The van der Waals surface area contributed by atoms with Crippen LogP contribution in [0.1, 0.15) is 39.5 Å². The first-order chi connectivity index (χ1) is 18.2. The Labute approximate surface area is 243 Å². The van der Waals surface area contributed by atoms with Crippen molar-refractivity contribution in [3.05, 3.63) is 121 Å². The molecule has 0 atom stereocenters. The molecule has 5 heteroatoms. The van der Waals surface area contributed by atoms with Crippen LogP contribution in [0, 0.1) is 0 Å². The summed E-state index contributed by atoms with van der Waals surface area (Å²) in [7, 11) is 9.31. The first kappa shape index (κ1) is 32.2. The van der Waals surface area contributed by atoms with Crippen LogP contribution < -0.4 is 21.2 Å². The van der Waals surface area contributed by atoms with Crippen LogP contribution >= 0.6 is 34.9 Å². The molecule has 0 aliphatic rings. The zero-order chi connectivity index (χ0) is 26.6. The molecule has 0 saturated carbocycles. The Balaban J connectivity index is 0.000000235. The number of halogens is 2. The average Bonchev–Trinajstić information content (AvgIpc) is 2.97. The predicted molar refractivity (Wildman–Crippen MR) is 169 cm³/mol. The standard InChI is InChI=1S/2C16H19P.2ClH.Pd/c2*1-2-3-14-17(15-10-6-4-7-11-15)16-12-8-5-9-13-16;;;/h2*4-13H,2-3,14H2,1H3;2*1H;/q;;;;+2/p-2. The predicted octanol–water partition coefficient (Wildman–Crippen LogP) is 9.22. The molecule has 4 aromatic carbocycles. The van der Waals surface area contributed by atoms with Gasteiger partial charge in [0.15, 0.2) is 0 Å². The second-order valence-electron chi connectivity index (χ2n) is 8.40. The van der Waals surface area contributed by atoms with Crippen molar-refractivity contribution in [1.82, 2.24) is 0 Å². The zero-order valence-corrected chi connectivity index (χ0v) is 26.6. The summed E-state index contributed by atoms with van der Waals surface area (Å²) in [4.78, 5) is 0. The number of unbranched alkanes of at least 4 members (excludes halogenated alkanes) is 2. The van der Waals surface area contributed by atoms with Gasteiger partial charge >= 0.3 is 35.0 Å². The van der Waals surface area contributed by atoms with Crippen LogP contribution in [0.5, 0.6) is 0 Å². The first-order valence-electron chi connectivity index (χ1n) is 12.8. The molecule has 0 radical (unpaired) electrons. The van der Waals surface area contributed by atoms with E-state index in [1.165, 1.54) is 59.2 Å². The van der Waals surface area contributed by atoms with Crippen molar-refractivity contribution < 1.29 is 15.9 Å². The van der Waals surface area contributed by atoms with E-state index in [1.807, 2.05) is 0 Å². The van der Waals surface area contributed by atoms with E-state index in [9.17, 15) is 0 Å². The second-order valence-corrected chi connectivity index (χ2v) is 15.4. The monoisotopic (exact) mass is 660 g/mol. The van der Waals surface area contributed by atoms with Crippen molar-refractivity contribution >= 4 is 56.1 Å². The molecular weight excluding hydrogens is 624 g/mol. The minimum absolute atomic E-state index is 0.106. The summed E-state index contributed by atoms with van der Waals surface area (Å²) >= 11 is -0.106. The molecule has 0 bridgehead atoms. The summed E-state index contributed by atoms with van der Waals surface area (Å²) in [6.45, 7) is 4.53. The Morgan fingerprint density at radius 3 is 0.865 bits per heavy atom. The van der Waals surface area contributed by atoms with E-state index in [0.29, 0.717) is 0 Å². The molecule has 0 amide bonds. The fourth-order valence-electron chi connectivity index (χ4n) is 3.88. The van der Waals surface area contributed by atoms with Gasteiger partial charge in [0.25, 0.3) is 0 Å². The van der Waals surface area contributed by atoms with Crippen LogP contribution in [0.3, 0.4) is 0 Å². The fraction of sp³-hybridized carbons (Fsp3) is 0.250. The van der Waals surface area contributed by atoms with Gasteiger partial charge in [-0.25, -0.2) is 0 Å². The normalized spacial score (nSPS) is 10.4. The van der Waals surface area contributed by atoms with Gasteiger partial charge in [-0.3, -0.25) is 0 Å².